The number of hydrogen-bond donors (Lipinski definition) is 2. The molecular weight excluding hydrogens is 408 g/mol. The fourth-order valence-electron chi connectivity index (χ4n) is 2.94. The molecule has 2 aromatic heterocycles. The molecule has 0 atom stereocenters. The molecule has 0 fully saturated rings. The van der Waals surface area contributed by atoms with Crippen LogP contribution in [0.2, 0.25) is 0 Å². The third kappa shape index (κ3) is 7.05. The molecule has 0 unspecified atom stereocenters. The molecule has 9 nitrogen and oxygen atoms in total. The van der Waals surface area contributed by atoms with Crippen LogP contribution in [0.5, 0.6) is 5.75 Å². The number of guanidine groups is 1. The predicted molar refractivity (Wildman–Crippen MR) is 123 cm³/mol. The van der Waals surface area contributed by atoms with Crippen LogP contribution in [0.15, 0.2) is 52.1 Å². The average molecular weight is 439 g/mol. The van der Waals surface area contributed by atoms with E-state index >= 15 is 0 Å². The third-order valence-electron chi connectivity index (χ3n) is 4.58. The summed E-state index contributed by atoms with van der Waals surface area (Å²) in [6.45, 7) is 6.97. The highest BCUT2D eigenvalue weighted by Crippen LogP contribution is 2.20. The summed E-state index contributed by atoms with van der Waals surface area (Å²) in [6.07, 6.45) is 2.28. The van der Waals surface area contributed by atoms with Crippen molar-refractivity contribution in [1.82, 2.24) is 25.8 Å². The monoisotopic (exact) mass is 438 g/mol. The second kappa shape index (κ2) is 12.4. The van der Waals surface area contributed by atoms with Crippen molar-refractivity contribution in [2.45, 2.75) is 26.8 Å². The van der Waals surface area contributed by atoms with Crippen LogP contribution < -0.4 is 15.4 Å². The number of hydrogen-bond acceptors (Lipinski definition) is 7. The van der Waals surface area contributed by atoms with Crippen LogP contribution in [-0.2, 0) is 17.7 Å². The van der Waals surface area contributed by atoms with E-state index in [1.807, 2.05) is 38.1 Å². The molecule has 0 aliphatic rings. The van der Waals surface area contributed by atoms with Crippen molar-refractivity contribution in [2.24, 2.45) is 4.99 Å². The zero-order valence-electron chi connectivity index (χ0n) is 18.8. The van der Waals surface area contributed by atoms with Crippen LogP contribution >= 0.6 is 0 Å². The molecule has 32 heavy (non-hydrogen) atoms. The van der Waals surface area contributed by atoms with Crippen LogP contribution in [-0.4, -0.2) is 54.5 Å². The van der Waals surface area contributed by atoms with Crippen LogP contribution in [0.3, 0.4) is 0 Å². The predicted octanol–water partition coefficient (Wildman–Crippen LogP) is 2.76. The molecule has 0 aliphatic heterocycles. The van der Waals surface area contributed by atoms with E-state index in [0.29, 0.717) is 62.7 Å². The van der Waals surface area contributed by atoms with Crippen LogP contribution in [0.25, 0.3) is 11.6 Å². The highest BCUT2D eigenvalue weighted by molar-refractivity contribution is 5.79. The Morgan fingerprint density at radius 2 is 2.06 bits per heavy atom. The molecule has 3 rings (SSSR count). The van der Waals surface area contributed by atoms with Gasteiger partial charge < -0.3 is 24.6 Å². The topological polar surface area (TPSA) is 107 Å². The smallest absolute Gasteiger partial charge is 0.276 e. The number of aliphatic imine (C=N–C) groups is 1. The summed E-state index contributed by atoms with van der Waals surface area (Å²) in [5.41, 5.74) is 2.86. The maximum Gasteiger partial charge on any atom is 0.276 e. The summed E-state index contributed by atoms with van der Waals surface area (Å²) in [6, 6.07) is 11.7. The van der Waals surface area contributed by atoms with Crippen molar-refractivity contribution >= 4 is 5.96 Å². The molecule has 2 N–H and O–H groups in total. The third-order valence-corrected chi connectivity index (χ3v) is 4.58. The van der Waals surface area contributed by atoms with Gasteiger partial charge in [0.15, 0.2) is 11.8 Å². The summed E-state index contributed by atoms with van der Waals surface area (Å²) in [5.74, 6) is 2.55. The Morgan fingerprint density at radius 3 is 2.84 bits per heavy atom. The number of benzene rings is 1. The molecular formula is C23H30N6O3. The van der Waals surface area contributed by atoms with E-state index < -0.39 is 0 Å². The van der Waals surface area contributed by atoms with E-state index in [4.69, 9.17) is 14.0 Å². The van der Waals surface area contributed by atoms with Crippen molar-refractivity contribution < 1.29 is 14.0 Å². The van der Waals surface area contributed by atoms with E-state index in [-0.39, 0.29) is 0 Å². The van der Waals surface area contributed by atoms with Gasteiger partial charge >= 0.3 is 0 Å². The number of pyridine rings is 1. The molecule has 0 radical (unpaired) electrons. The maximum atomic E-state index is 5.91. The first-order valence-electron chi connectivity index (χ1n) is 10.7. The van der Waals surface area contributed by atoms with E-state index in [1.54, 1.807) is 13.2 Å². The minimum atomic E-state index is 0.416. The zero-order chi connectivity index (χ0) is 22.6. The van der Waals surface area contributed by atoms with Crippen molar-refractivity contribution in [3.63, 3.8) is 0 Å². The number of nitrogens with one attached hydrogen (secondary N) is 2. The Hall–Kier alpha value is -3.46. The summed E-state index contributed by atoms with van der Waals surface area (Å²) in [5, 5.41) is 10.6. The maximum absolute atomic E-state index is 5.91. The quantitative estimate of drug-likeness (QED) is 0.267. The number of rotatable bonds is 11. The van der Waals surface area contributed by atoms with Crippen LogP contribution in [0.4, 0.5) is 0 Å². The van der Waals surface area contributed by atoms with Crippen LogP contribution in [0.1, 0.15) is 23.9 Å². The number of nitrogens with zero attached hydrogens (tertiary/aromatic N) is 4. The fraction of sp³-hybridized carbons (Fsp3) is 0.391. The molecule has 0 aliphatic carbocycles. The molecule has 0 saturated carbocycles. The van der Waals surface area contributed by atoms with Gasteiger partial charge in [0, 0.05) is 44.9 Å². The minimum absolute atomic E-state index is 0.416. The van der Waals surface area contributed by atoms with Gasteiger partial charge in [-0.15, -0.1) is 0 Å². The van der Waals surface area contributed by atoms with E-state index in [2.05, 4.69) is 42.9 Å². The first kappa shape index (κ1) is 23.2. The standard InChI is InChI=1S/C23H30N6O3/c1-4-30-13-14-31-20-15-17(2)8-9-18(20)16-27-23(24-3)26-12-10-21-28-22(32-29-21)19-7-5-6-11-25-19/h5-9,11,15H,4,10,12-14,16H2,1-3H3,(H2,24,26,27). The summed E-state index contributed by atoms with van der Waals surface area (Å²) >= 11 is 0. The number of ether oxygens (including phenoxy) is 2. The Kier molecular flexibility index (Phi) is 9.00. The molecule has 0 spiro atoms. The SMILES string of the molecule is CCOCCOc1cc(C)ccc1CNC(=NC)NCCc1noc(-c2ccccn2)n1. The molecule has 170 valence electrons. The van der Waals surface area contributed by atoms with Crippen molar-refractivity contribution in [3.8, 4) is 17.3 Å². The van der Waals surface area contributed by atoms with Gasteiger partial charge in [-0.25, -0.2) is 0 Å². The normalized spacial score (nSPS) is 11.4. The van der Waals surface area contributed by atoms with Gasteiger partial charge in [-0.05, 0) is 37.6 Å². The lowest BCUT2D eigenvalue weighted by Gasteiger charge is -2.15. The van der Waals surface area contributed by atoms with Gasteiger partial charge in [-0.3, -0.25) is 9.98 Å². The lowest BCUT2D eigenvalue weighted by atomic mass is 10.1. The lowest BCUT2D eigenvalue weighted by Crippen LogP contribution is -2.38. The Balaban J connectivity index is 1.48. The minimum Gasteiger partial charge on any atom is -0.491 e. The molecule has 1 aromatic carbocycles. The van der Waals surface area contributed by atoms with Gasteiger partial charge in [0.2, 0.25) is 0 Å². The first-order chi connectivity index (χ1) is 15.7. The molecule has 0 bridgehead atoms. The van der Waals surface area contributed by atoms with Crippen molar-refractivity contribution in [1.29, 1.82) is 0 Å². The van der Waals surface area contributed by atoms with Gasteiger partial charge in [0.25, 0.3) is 5.89 Å². The number of aryl methyl sites for hydroxylation is 1. The van der Waals surface area contributed by atoms with Crippen LogP contribution in [0, 0.1) is 6.92 Å². The van der Waals surface area contributed by atoms with Crippen molar-refractivity contribution in [2.75, 3.05) is 33.4 Å². The van der Waals surface area contributed by atoms with E-state index in [1.165, 1.54) is 0 Å². The molecule has 3 aromatic rings. The number of aromatic nitrogens is 3. The molecule has 0 amide bonds. The van der Waals surface area contributed by atoms with Gasteiger partial charge in [0.05, 0.1) is 6.61 Å². The lowest BCUT2D eigenvalue weighted by molar-refractivity contribution is 0.110. The average Bonchev–Trinajstić information content (AvgIpc) is 3.29. The molecule has 2 heterocycles. The van der Waals surface area contributed by atoms with E-state index in [0.717, 1.165) is 16.9 Å². The summed E-state index contributed by atoms with van der Waals surface area (Å²) in [4.78, 5) is 12.9. The second-order valence-electron chi connectivity index (χ2n) is 6.99. The van der Waals surface area contributed by atoms with Gasteiger partial charge in [0.1, 0.15) is 18.1 Å². The highest BCUT2D eigenvalue weighted by atomic mass is 16.5. The Morgan fingerprint density at radius 1 is 1.16 bits per heavy atom. The Labute approximate surface area is 188 Å². The first-order valence-corrected chi connectivity index (χ1v) is 10.7. The Bertz CT molecular complexity index is 990. The highest BCUT2D eigenvalue weighted by Gasteiger charge is 2.10. The molecule has 9 heteroatoms. The van der Waals surface area contributed by atoms with Gasteiger partial charge in [-0.2, -0.15) is 4.98 Å². The van der Waals surface area contributed by atoms with Gasteiger partial charge in [-0.1, -0.05) is 23.4 Å². The van der Waals surface area contributed by atoms with Crippen molar-refractivity contribution in [3.05, 3.63) is 59.5 Å². The second-order valence-corrected chi connectivity index (χ2v) is 6.99. The molecule has 0 saturated heterocycles. The fourth-order valence-corrected chi connectivity index (χ4v) is 2.94. The van der Waals surface area contributed by atoms with E-state index in [9.17, 15) is 0 Å². The summed E-state index contributed by atoms with van der Waals surface area (Å²) < 4.78 is 16.6. The zero-order valence-corrected chi connectivity index (χ0v) is 18.8. The largest absolute Gasteiger partial charge is 0.491 e. The summed E-state index contributed by atoms with van der Waals surface area (Å²) in [7, 11) is 1.73.